The van der Waals surface area contributed by atoms with Crippen molar-refractivity contribution in [2.24, 2.45) is 5.92 Å². The fourth-order valence-electron chi connectivity index (χ4n) is 2.57. The first-order chi connectivity index (χ1) is 9.77. The molecule has 6 nitrogen and oxygen atoms in total. The molecule has 2 aliphatic rings. The van der Waals surface area contributed by atoms with E-state index < -0.39 is 0 Å². The zero-order chi connectivity index (χ0) is 13.9. The quantitative estimate of drug-likeness (QED) is 0.817. The van der Waals surface area contributed by atoms with Crippen molar-refractivity contribution in [3.8, 4) is 0 Å². The summed E-state index contributed by atoms with van der Waals surface area (Å²) in [5.41, 5.74) is 0.247. The molecule has 0 aromatic carbocycles. The van der Waals surface area contributed by atoms with E-state index in [0.717, 1.165) is 32.2 Å². The molecule has 3 rings (SSSR count). The predicted molar refractivity (Wildman–Crippen MR) is 71.8 cm³/mol. The van der Waals surface area contributed by atoms with E-state index in [-0.39, 0.29) is 29.5 Å². The van der Waals surface area contributed by atoms with Gasteiger partial charge in [0.2, 0.25) is 5.91 Å². The Bertz CT molecular complexity index is 495. The lowest BCUT2D eigenvalue weighted by Gasteiger charge is -2.28. The average Bonchev–Trinajstić information content (AvgIpc) is 3.34. The summed E-state index contributed by atoms with van der Waals surface area (Å²) in [5, 5.41) is 3.22. The molecule has 2 amide bonds. The van der Waals surface area contributed by atoms with Crippen LogP contribution in [-0.4, -0.2) is 45.8 Å². The Labute approximate surface area is 117 Å². The summed E-state index contributed by atoms with van der Waals surface area (Å²) in [6.07, 6.45) is 8.05. The van der Waals surface area contributed by atoms with Gasteiger partial charge in [0, 0.05) is 25.0 Å². The van der Waals surface area contributed by atoms with E-state index in [1.165, 1.54) is 23.5 Å². The first-order valence-electron chi connectivity index (χ1n) is 7.11. The van der Waals surface area contributed by atoms with Crippen LogP contribution in [0.15, 0.2) is 18.6 Å². The molecule has 1 unspecified atom stereocenters. The SMILES string of the molecule is O=C(c1cnccn1)N(C(=O)C1CCCNC1)C1CC1. The van der Waals surface area contributed by atoms with Crippen LogP contribution < -0.4 is 5.32 Å². The van der Waals surface area contributed by atoms with E-state index >= 15 is 0 Å². The van der Waals surface area contributed by atoms with Crippen LogP contribution in [0, 0.1) is 5.92 Å². The van der Waals surface area contributed by atoms with E-state index in [1.54, 1.807) is 0 Å². The largest absolute Gasteiger partial charge is 0.316 e. The minimum Gasteiger partial charge on any atom is -0.316 e. The second-order valence-electron chi connectivity index (χ2n) is 5.38. The van der Waals surface area contributed by atoms with E-state index in [9.17, 15) is 9.59 Å². The summed E-state index contributed by atoms with van der Waals surface area (Å²) >= 11 is 0. The first kappa shape index (κ1) is 13.2. The van der Waals surface area contributed by atoms with Crippen molar-refractivity contribution >= 4 is 11.8 Å². The van der Waals surface area contributed by atoms with Crippen LogP contribution in [0.4, 0.5) is 0 Å². The van der Waals surface area contributed by atoms with Gasteiger partial charge in [0.1, 0.15) is 5.69 Å². The molecule has 1 saturated heterocycles. The molecular formula is C14H18N4O2. The van der Waals surface area contributed by atoms with Gasteiger partial charge in [-0.25, -0.2) is 4.98 Å². The summed E-state index contributed by atoms with van der Waals surface area (Å²) < 4.78 is 0. The van der Waals surface area contributed by atoms with Crippen molar-refractivity contribution in [2.75, 3.05) is 13.1 Å². The molecule has 2 fully saturated rings. The number of nitrogens with zero attached hydrogens (tertiary/aromatic N) is 3. The molecule has 0 radical (unpaired) electrons. The van der Waals surface area contributed by atoms with Crippen LogP contribution in [0.1, 0.15) is 36.2 Å². The van der Waals surface area contributed by atoms with Gasteiger partial charge >= 0.3 is 0 Å². The molecule has 1 aliphatic heterocycles. The minimum atomic E-state index is -0.309. The molecule has 1 aromatic rings. The molecule has 0 spiro atoms. The number of hydrogen-bond donors (Lipinski definition) is 1. The predicted octanol–water partition coefficient (Wildman–Crippen LogP) is 0.607. The fourth-order valence-corrected chi connectivity index (χ4v) is 2.57. The number of carbonyl (C=O) groups excluding carboxylic acids is 2. The fraction of sp³-hybridized carbons (Fsp3) is 0.571. The zero-order valence-electron chi connectivity index (χ0n) is 11.3. The van der Waals surface area contributed by atoms with E-state index in [2.05, 4.69) is 15.3 Å². The minimum absolute atomic E-state index is 0.0546. The van der Waals surface area contributed by atoms with Gasteiger partial charge in [-0.05, 0) is 32.2 Å². The van der Waals surface area contributed by atoms with Gasteiger partial charge in [0.15, 0.2) is 0 Å². The van der Waals surface area contributed by atoms with Gasteiger partial charge < -0.3 is 5.32 Å². The maximum absolute atomic E-state index is 12.6. The Balaban J connectivity index is 1.78. The van der Waals surface area contributed by atoms with Crippen molar-refractivity contribution in [1.29, 1.82) is 0 Å². The lowest BCUT2D eigenvalue weighted by molar-refractivity contribution is -0.133. The zero-order valence-corrected chi connectivity index (χ0v) is 11.3. The van der Waals surface area contributed by atoms with Gasteiger partial charge in [-0.3, -0.25) is 19.5 Å². The normalized spacial score (nSPS) is 22.3. The topological polar surface area (TPSA) is 75.2 Å². The summed E-state index contributed by atoms with van der Waals surface area (Å²) in [6.45, 7) is 1.61. The second kappa shape index (κ2) is 5.66. The van der Waals surface area contributed by atoms with Crippen LogP contribution in [0.5, 0.6) is 0 Å². The highest BCUT2D eigenvalue weighted by Crippen LogP contribution is 2.30. The van der Waals surface area contributed by atoms with Crippen molar-refractivity contribution in [1.82, 2.24) is 20.2 Å². The van der Waals surface area contributed by atoms with Crippen molar-refractivity contribution in [3.05, 3.63) is 24.3 Å². The number of nitrogens with one attached hydrogen (secondary N) is 1. The third-order valence-corrected chi connectivity index (χ3v) is 3.80. The Morgan fingerprint density at radius 3 is 2.70 bits per heavy atom. The summed E-state index contributed by atoms with van der Waals surface area (Å²) in [6, 6.07) is 0.0546. The van der Waals surface area contributed by atoms with Crippen molar-refractivity contribution in [3.63, 3.8) is 0 Å². The Morgan fingerprint density at radius 1 is 1.25 bits per heavy atom. The van der Waals surface area contributed by atoms with Crippen LogP contribution in [0.25, 0.3) is 0 Å². The number of aromatic nitrogens is 2. The summed E-state index contributed by atoms with van der Waals surface area (Å²) in [5.74, 6) is -0.462. The highest BCUT2D eigenvalue weighted by Gasteiger charge is 2.40. The maximum atomic E-state index is 12.6. The third kappa shape index (κ3) is 2.70. The molecule has 1 N–H and O–H groups in total. The van der Waals surface area contributed by atoms with Crippen LogP contribution in [0.2, 0.25) is 0 Å². The molecule has 1 aliphatic carbocycles. The van der Waals surface area contributed by atoms with Gasteiger partial charge in [-0.15, -0.1) is 0 Å². The lowest BCUT2D eigenvalue weighted by atomic mass is 9.98. The van der Waals surface area contributed by atoms with Gasteiger partial charge in [-0.2, -0.15) is 0 Å². The maximum Gasteiger partial charge on any atom is 0.280 e. The Hall–Kier alpha value is -1.82. The molecule has 1 atom stereocenters. The van der Waals surface area contributed by atoms with Gasteiger partial charge in [0.05, 0.1) is 12.1 Å². The van der Waals surface area contributed by atoms with Crippen molar-refractivity contribution < 1.29 is 9.59 Å². The molecule has 20 heavy (non-hydrogen) atoms. The number of piperidine rings is 1. The third-order valence-electron chi connectivity index (χ3n) is 3.80. The summed E-state index contributed by atoms with van der Waals surface area (Å²) in [7, 11) is 0. The number of imide groups is 1. The standard InChI is InChI=1S/C14H18N4O2/c19-13(10-2-1-5-15-8-10)18(11-3-4-11)14(20)12-9-16-6-7-17-12/h6-7,9-11,15H,1-5,8H2. The molecule has 106 valence electrons. The number of carbonyl (C=O) groups is 2. The molecule has 6 heteroatoms. The molecule has 0 bridgehead atoms. The number of rotatable bonds is 3. The monoisotopic (exact) mass is 274 g/mol. The van der Waals surface area contributed by atoms with E-state index in [1.807, 2.05) is 0 Å². The van der Waals surface area contributed by atoms with Crippen LogP contribution >= 0.6 is 0 Å². The molecular weight excluding hydrogens is 256 g/mol. The van der Waals surface area contributed by atoms with Gasteiger partial charge in [-0.1, -0.05) is 0 Å². The lowest BCUT2D eigenvalue weighted by Crippen LogP contribution is -2.47. The first-order valence-corrected chi connectivity index (χ1v) is 7.11. The Morgan fingerprint density at radius 2 is 2.10 bits per heavy atom. The number of amides is 2. The average molecular weight is 274 g/mol. The number of hydrogen-bond acceptors (Lipinski definition) is 5. The Kier molecular flexibility index (Phi) is 3.73. The highest BCUT2D eigenvalue weighted by atomic mass is 16.2. The molecule has 2 heterocycles. The highest BCUT2D eigenvalue weighted by molar-refractivity contribution is 6.04. The van der Waals surface area contributed by atoms with E-state index in [0.29, 0.717) is 6.54 Å². The van der Waals surface area contributed by atoms with Crippen LogP contribution in [0.3, 0.4) is 0 Å². The van der Waals surface area contributed by atoms with Crippen LogP contribution in [-0.2, 0) is 4.79 Å². The second-order valence-corrected chi connectivity index (χ2v) is 5.38. The summed E-state index contributed by atoms with van der Waals surface area (Å²) in [4.78, 5) is 34.4. The van der Waals surface area contributed by atoms with Gasteiger partial charge in [0.25, 0.3) is 5.91 Å². The molecule has 1 saturated carbocycles. The van der Waals surface area contributed by atoms with E-state index in [4.69, 9.17) is 0 Å². The van der Waals surface area contributed by atoms with Crippen molar-refractivity contribution in [2.45, 2.75) is 31.7 Å². The molecule has 1 aromatic heterocycles. The smallest absolute Gasteiger partial charge is 0.280 e.